The van der Waals surface area contributed by atoms with Gasteiger partial charge in [0.25, 0.3) is 0 Å². The molecule has 0 radical (unpaired) electrons. The lowest BCUT2D eigenvalue weighted by Crippen LogP contribution is -2.04. The van der Waals surface area contributed by atoms with Crippen LogP contribution in [0.3, 0.4) is 0 Å². The van der Waals surface area contributed by atoms with Crippen LogP contribution >= 0.6 is 11.8 Å². The lowest BCUT2D eigenvalue weighted by molar-refractivity contribution is 0.622. The molecule has 1 fully saturated rings. The van der Waals surface area contributed by atoms with Crippen LogP contribution in [0.25, 0.3) is 0 Å². The van der Waals surface area contributed by atoms with Gasteiger partial charge in [0.1, 0.15) is 16.7 Å². The lowest BCUT2D eigenvalue weighted by Gasteiger charge is -2.12. The van der Waals surface area contributed by atoms with Crippen molar-refractivity contribution in [3.05, 3.63) is 11.4 Å². The Kier molecular flexibility index (Phi) is 4.26. The van der Waals surface area contributed by atoms with Gasteiger partial charge in [-0.1, -0.05) is 12.8 Å². The van der Waals surface area contributed by atoms with E-state index in [9.17, 15) is 0 Å². The van der Waals surface area contributed by atoms with Gasteiger partial charge in [-0.25, -0.2) is 9.97 Å². The zero-order valence-corrected chi connectivity index (χ0v) is 11.7. The molecule has 94 valence electrons. The maximum absolute atomic E-state index is 4.55. The highest BCUT2D eigenvalue weighted by Crippen LogP contribution is 2.32. The van der Waals surface area contributed by atoms with Crippen LogP contribution in [0.5, 0.6) is 0 Å². The molecular formula is C13H21N3S. The fourth-order valence-corrected chi connectivity index (χ4v) is 3.60. The van der Waals surface area contributed by atoms with E-state index in [1.807, 2.05) is 25.7 Å². The number of aryl methyl sites for hydroxylation is 1. The van der Waals surface area contributed by atoms with E-state index < -0.39 is 0 Å². The molecule has 1 aliphatic rings. The lowest BCUT2D eigenvalue weighted by atomic mass is 10.1. The molecule has 0 atom stereocenters. The Hall–Kier alpha value is -0.770. The third kappa shape index (κ3) is 3.12. The number of hydrogen-bond acceptors (Lipinski definition) is 4. The molecule has 1 aromatic rings. The third-order valence-electron chi connectivity index (χ3n) is 3.38. The molecule has 0 spiro atoms. The van der Waals surface area contributed by atoms with Crippen LogP contribution in [0.1, 0.15) is 37.1 Å². The Bertz CT molecular complexity index is 386. The fraction of sp³-hybridized carbons (Fsp3) is 0.692. The van der Waals surface area contributed by atoms with Gasteiger partial charge in [-0.05, 0) is 32.6 Å². The van der Waals surface area contributed by atoms with E-state index in [4.69, 9.17) is 0 Å². The normalized spacial score (nSPS) is 16.4. The Labute approximate surface area is 108 Å². The van der Waals surface area contributed by atoms with Gasteiger partial charge in [-0.3, -0.25) is 0 Å². The van der Waals surface area contributed by atoms with Crippen LogP contribution in [0.15, 0.2) is 5.03 Å². The predicted molar refractivity (Wildman–Crippen MR) is 73.7 cm³/mol. The number of nitrogens with one attached hydrogen (secondary N) is 1. The summed E-state index contributed by atoms with van der Waals surface area (Å²) in [6, 6.07) is 0. The first kappa shape index (κ1) is 12.7. The van der Waals surface area contributed by atoms with E-state index in [2.05, 4.69) is 22.2 Å². The highest BCUT2D eigenvalue weighted by atomic mass is 32.2. The van der Waals surface area contributed by atoms with Crippen LogP contribution in [-0.2, 0) is 0 Å². The molecule has 0 amide bonds. The summed E-state index contributed by atoms with van der Waals surface area (Å²) in [7, 11) is 1.92. The first-order chi connectivity index (χ1) is 8.20. The van der Waals surface area contributed by atoms with Crippen molar-refractivity contribution in [2.24, 2.45) is 5.92 Å². The largest absolute Gasteiger partial charge is 0.373 e. The fourth-order valence-electron chi connectivity index (χ4n) is 2.36. The van der Waals surface area contributed by atoms with Gasteiger partial charge in [-0.2, -0.15) is 0 Å². The first-order valence-electron chi connectivity index (χ1n) is 6.36. The Balaban J connectivity index is 2.06. The predicted octanol–water partition coefficient (Wildman–Crippen LogP) is 3.42. The second-order valence-corrected chi connectivity index (χ2v) is 5.77. The van der Waals surface area contributed by atoms with E-state index in [1.54, 1.807) is 0 Å². The monoisotopic (exact) mass is 251 g/mol. The van der Waals surface area contributed by atoms with Gasteiger partial charge in [0.2, 0.25) is 0 Å². The van der Waals surface area contributed by atoms with Crippen LogP contribution in [0, 0.1) is 19.8 Å². The molecule has 0 bridgehead atoms. The Morgan fingerprint density at radius 1 is 1.24 bits per heavy atom. The van der Waals surface area contributed by atoms with Gasteiger partial charge < -0.3 is 5.32 Å². The highest BCUT2D eigenvalue weighted by molar-refractivity contribution is 7.99. The van der Waals surface area contributed by atoms with Gasteiger partial charge in [0.05, 0.1) is 0 Å². The summed E-state index contributed by atoms with van der Waals surface area (Å²) in [6.45, 7) is 4.06. The van der Waals surface area contributed by atoms with Gasteiger partial charge >= 0.3 is 0 Å². The number of aromatic nitrogens is 2. The van der Waals surface area contributed by atoms with Gasteiger partial charge in [-0.15, -0.1) is 11.8 Å². The van der Waals surface area contributed by atoms with E-state index in [0.29, 0.717) is 0 Å². The molecule has 0 aromatic carbocycles. The topological polar surface area (TPSA) is 37.8 Å². The van der Waals surface area contributed by atoms with Crippen molar-refractivity contribution in [3.63, 3.8) is 0 Å². The SMILES string of the molecule is CNc1nc(C)nc(SCC2CCCC2)c1C. The molecule has 2 rings (SSSR count). The molecule has 1 heterocycles. The van der Waals surface area contributed by atoms with E-state index in [-0.39, 0.29) is 0 Å². The summed E-state index contributed by atoms with van der Waals surface area (Å²) in [5.41, 5.74) is 1.18. The molecule has 0 aliphatic heterocycles. The smallest absolute Gasteiger partial charge is 0.133 e. The van der Waals surface area contributed by atoms with Crippen LogP contribution in [0.4, 0.5) is 5.82 Å². The molecule has 1 aromatic heterocycles. The highest BCUT2D eigenvalue weighted by Gasteiger charge is 2.16. The van der Waals surface area contributed by atoms with Gasteiger partial charge in [0.15, 0.2) is 0 Å². The van der Waals surface area contributed by atoms with Crippen molar-refractivity contribution >= 4 is 17.6 Å². The Morgan fingerprint density at radius 2 is 1.94 bits per heavy atom. The van der Waals surface area contributed by atoms with Gasteiger partial charge in [0, 0.05) is 18.4 Å². The number of thioether (sulfide) groups is 1. The summed E-state index contributed by atoms with van der Waals surface area (Å²) in [6.07, 6.45) is 5.62. The molecule has 3 nitrogen and oxygen atoms in total. The van der Waals surface area contributed by atoms with E-state index >= 15 is 0 Å². The summed E-state index contributed by atoms with van der Waals surface area (Å²) in [5.74, 6) is 3.92. The molecule has 1 saturated carbocycles. The van der Waals surface area contributed by atoms with E-state index in [0.717, 1.165) is 22.6 Å². The second kappa shape index (κ2) is 5.71. The van der Waals surface area contributed by atoms with Crippen molar-refractivity contribution < 1.29 is 0 Å². The average Bonchev–Trinajstić information content (AvgIpc) is 2.82. The molecule has 1 aliphatic carbocycles. The maximum atomic E-state index is 4.55. The summed E-state index contributed by atoms with van der Waals surface area (Å²) in [5, 5.41) is 4.29. The maximum Gasteiger partial charge on any atom is 0.133 e. The van der Waals surface area contributed by atoms with Crippen LogP contribution in [0.2, 0.25) is 0 Å². The molecule has 1 N–H and O–H groups in total. The van der Waals surface area contributed by atoms with Crippen molar-refractivity contribution in [1.29, 1.82) is 0 Å². The van der Waals surface area contributed by atoms with Crippen molar-refractivity contribution in [3.8, 4) is 0 Å². The minimum atomic E-state index is 0.855. The number of anilines is 1. The number of nitrogens with zero attached hydrogens (tertiary/aromatic N) is 2. The number of rotatable bonds is 4. The third-order valence-corrected chi connectivity index (χ3v) is 4.69. The summed E-state index contributed by atoms with van der Waals surface area (Å²) < 4.78 is 0. The molecule has 4 heteroatoms. The minimum absolute atomic E-state index is 0.855. The molecule has 0 unspecified atom stereocenters. The van der Waals surface area contributed by atoms with Crippen molar-refractivity contribution in [1.82, 2.24) is 9.97 Å². The molecular weight excluding hydrogens is 230 g/mol. The quantitative estimate of drug-likeness (QED) is 0.657. The first-order valence-corrected chi connectivity index (χ1v) is 7.35. The Morgan fingerprint density at radius 3 is 2.59 bits per heavy atom. The molecule has 0 saturated heterocycles. The standard InChI is InChI=1S/C13H21N3S/c1-9-12(14-3)15-10(2)16-13(9)17-8-11-6-4-5-7-11/h11H,4-8H2,1-3H3,(H,14,15,16). The van der Waals surface area contributed by atoms with Crippen LogP contribution in [-0.4, -0.2) is 22.8 Å². The second-order valence-electron chi connectivity index (χ2n) is 4.76. The summed E-state index contributed by atoms with van der Waals surface area (Å²) in [4.78, 5) is 8.95. The zero-order chi connectivity index (χ0) is 12.3. The average molecular weight is 251 g/mol. The number of hydrogen-bond donors (Lipinski definition) is 1. The van der Waals surface area contributed by atoms with Crippen molar-refractivity contribution in [2.75, 3.05) is 18.1 Å². The van der Waals surface area contributed by atoms with E-state index in [1.165, 1.54) is 37.0 Å². The summed E-state index contributed by atoms with van der Waals surface area (Å²) >= 11 is 1.90. The van der Waals surface area contributed by atoms with Crippen molar-refractivity contribution in [2.45, 2.75) is 44.6 Å². The van der Waals surface area contributed by atoms with Crippen LogP contribution < -0.4 is 5.32 Å². The zero-order valence-electron chi connectivity index (χ0n) is 10.9. The molecule has 17 heavy (non-hydrogen) atoms. The minimum Gasteiger partial charge on any atom is -0.373 e.